The first kappa shape index (κ1) is 9.95. The van der Waals surface area contributed by atoms with Crippen molar-refractivity contribution in [1.82, 2.24) is 0 Å². The molecule has 0 saturated carbocycles. The van der Waals surface area contributed by atoms with Crippen LogP contribution in [0.15, 0.2) is 21.7 Å². The lowest BCUT2D eigenvalue weighted by molar-refractivity contribution is 0.575. The van der Waals surface area contributed by atoms with E-state index < -0.39 is 11.6 Å². The summed E-state index contributed by atoms with van der Waals surface area (Å²) in [5.74, 6) is -1.40. The van der Waals surface area contributed by atoms with Gasteiger partial charge in [0.1, 0.15) is 11.6 Å². The smallest absolute Gasteiger partial charge is 0.140 e. The molecule has 6 heteroatoms. The van der Waals surface area contributed by atoms with Crippen LogP contribution in [-0.2, 0) is 6.54 Å². The van der Waals surface area contributed by atoms with Gasteiger partial charge in [0, 0.05) is 11.0 Å². The number of halogens is 3. The molecular formula is C7H4BrF2N3. The fourth-order valence-electron chi connectivity index (χ4n) is 0.832. The van der Waals surface area contributed by atoms with Crippen molar-refractivity contribution < 1.29 is 8.78 Å². The molecule has 0 aliphatic heterocycles. The summed E-state index contributed by atoms with van der Waals surface area (Å²) in [4.78, 5) is 2.49. The lowest BCUT2D eigenvalue weighted by Crippen LogP contribution is -1.90. The van der Waals surface area contributed by atoms with Crippen LogP contribution in [0.5, 0.6) is 0 Å². The summed E-state index contributed by atoms with van der Waals surface area (Å²) in [6.07, 6.45) is 0. The molecule has 0 aliphatic carbocycles. The normalized spacial score (nSPS) is 9.46. The second-order valence-corrected chi connectivity index (χ2v) is 3.04. The SMILES string of the molecule is [N-]=[N+]=NCc1cc(F)cc(F)c1Br. The van der Waals surface area contributed by atoms with E-state index in [1.54, 1.807) is 0 Å². The molecule has 0 amide bonds. The van der Waals surface area contributed by atoms with E-state index in [2.05, 4.69) is 26.0 Å². The van der Waals surface area contributed by atoms with Crippen molar-refractivity contribution in [2.24, 2.45) is 5.11 Å². The van der Waals surface area contributed by atoms with E-state index >= 15 is 0 Å². The van der Waals surface area contributed by atoms with Gasteiger partial charge in [0.25, 0.3) is 0 Å². The van der Waals surface area contributed by atoms with E-state index in [-0.39, 0.29) is 16.6 Å². The van der Waals surface area contributed by atoms with Crippen molar-refractivity contribution in [3.05, 3.63) is 44.2 Å². The lowest BCUT2D eigenvalue weighted by Gasteiger charge is -2.01. The first-order valence-corrected chi connectivity index (χ1v) is 4.08. The lowest BCUT2D eigenvalue weighted by atomic mass is 10.2. The summed E-state index contributed by atoms with van der Waals surface area (Å²) in [5, 5.41) is 3.20. The van der Waals surface area contributed by atoms with Crippen LogP contribution in [0.25, 0.3) is 10.4 Å². The Bertz CT molecular complexity index is 374. The molecule has 0 unspecified atom stereocenters. The molecule has 0 atom stereocenters. The van der Waals surface area contributed by atoms with Gasteiger partial charge in [0.2, 0.25) is 0 Å². The summed E-state index contributed by atoms with van der Waals surface area (Å²) >= 11 is 2.92. The van der Waals surface area contributed by atoms with Gasteiger partial charge in [-0.2, -0.15) is 0 Å². The monoisotopic (exact) mass is 247 g/mol. The van der Waals surface area contributed by atoms with Crippen LogP contribution in [0.3, 0.4) is 0 Å². The zero-order valence-electron chi connectivity index (χ0n) is 6.34. The Morgan fingerprint density at radius 1 is 1.46 bits per heavy atom. The van der Waals surface area contributed by atoms with E-state index in [0.717, 1.165) is 12.1 Å². The number of azide groups is 1. The van der Waals surface area contributed by atoms with Crippen molar-refractivity contribution in [2.45, 2.75) is 6.54 Å². The topological polar surface area (TPSA) is 48.8 Å². The maximum atomic E-state index is 12.8. The van der Waals surface area contributed by atoms with Crippen molar-refractivity contribution in [2.75, 3.05) is 0 Å². The van der Waals surface area contributed by atoms with Crippen molar-refractivity contribution in [3.8, 4) is 0 Å². The quantitative estimate of drug-likeness (QED) is 0.332. The van der Waals surface area contributed by atoms with E-state index in [9.17, 15) is 8.78 Å². The first-order valence-electron chi connectivity index (χ1n) is 3.29. The van der Waals surface area contributed by atoms with Crippen LogP contribution in [0.4, 0.5) is 8.78 Å². The van der Waals surface area contributed by atoms with Gasteiger partial charge < -0.3 is 0 Å². The standard InChI is InChI=1S/C7H4BrF2N3/c8-7-4(3-12-13-11)1-5(9)2-6(7)10/h1-2H,3H2. The van der Waals surface area contributed by atoms with Crippen LogP contribution in [-0.4, -0.2) is 0 Å². The van der Waals surface area contributed by atoms with Crippen LogP contribution in [0, 0.1) is 11.6 Å². The van der Waals surface area contributed by atoms with Crippen LogP contribution < -0.4 is 0 Å². The largest absolute Gasteiger partial charge is 0.207 e. The number of rotatable bonds is 2. The zero-order chi connectivity index (χ0) is 9.84. The minimum absolute atomic E-state index is 0.0776. The van der Waals surface area contributed by atoms with E-state index in [4.69, 9.17) is 5.53 Å². The van der Waals surface area contributed by atoms with E-state index in [1.807, 2.05) is 0 Å². The Morgan fingerprint density at radius 2 is 2.15 bits per heavy atom. The molecule has 0 radical (unpaired) electrons. The van der Waals surface area contributed by atoms with Crippen molar-refractivity contribution >= 4 is 15.9 Å². The van der Waals surface area contributed by atoms with Gasteiger partial charge in [-0.25, -0.2) is 8.78 Å². The van der Waals surface area contributed by atoms with Gasteiger partial charge >= 0.3 is 0 Å². The van der Waals surface area contributed by atoms with Crippen molar-refractivity contribution in [1.29, 1.82) is 0 Å². The molecule has 0 bridgehead atoms. The van der Waals surface area contributed by atoms with Gasteiger partial charge in [-0.05, 0) is 33.1 Å². The second kappa shape index (κ2) is 4.20. The number of benzene rings is 1. The zero-order valence-corrected chi connectivity index (χ0v) is 7.92. The molecule has 1 rings (SSSR count). The van der Waals surface area contributed by atoms with Gasteiger partial charge in [-0.3, -0.25) is 0 Å². The third-order valence-electron chi connectivity index (χ3n) is 1.37. The van der Waals surface area contributed by atoms with Gasteiger partial charge in [0.05, 0.1) is 11.0 Å². The highest BCUT2D eigenvalue weighted by atomic mass is 79.9. The maximum absolute atomic E-state index is 12.8. The average molecular weight is 248 g/mol. The molecule has 13 heavy (non-hydrogen) atoms. The third-order valence-corrected chi connectivity index (χ3v) is 2.26. The Labute approximate surface area is 81.1 Å². The van der Waals surface area contributed by atoms with E-state index in [1.165, 1.54) is 0 Å². The van der Waals surface area contributed by atoms with Gasteiger partial charge in [0.15, 0.2) is 0 Å². The highest BCUT2D eigenvalue weighted by Gasteiger charge is 2.07. The second-order valence-electron chi connectivity index (χ2n) is 2.25. The predicted octanol–water partition coefficient (Wildman–Crippen LogP) is 3.54. The third kappa shape index (κ3) is 2.40. The Morgan fingerprint density at radius 3 is 2.77 bits per heavy atom. The summed E-state index contributed by atoms with van der Waals surface area (Å²) < 4.78 is 25.6. The minimum atomic E-state index is -0.705. The Kier molecular flexibility index (Phi) is 3.22. The predicted molar refractivity (Wildman–Crippen MR) is 46.9 cm³/mol. The highest BCUT2D eigenvalue weighted by Crippen LogP contribution is 2.22. The number of hydrogen-bond donors (Lipinski definition) is 0. The highest BCUT2D eigenvalue weighted by molar-refractivity contribution is 9.10. The first-order chi connectivity index (χ1) is 6.15. The Hall–Kier alpha value is -1.13. The molecule has 0 fully saturated rings. The molecular weight excluding hydrogens is 244 g/mol. The molecule has 1 aromatic carbocycles. The number of nitrogens with zero attached hydrogens (tertiary/aromatic N) is 3. The minimum Gasteiger partial charge on any atom is -0.207 e. The molecule has 0 heterocycles. The van der Waals surface area contributed by atoms with Crippen LogP contribution in [0.1, 0.15) is 5.56 Å². The summed E-state index contributed by atoms with van der Waals surface area (Å²) in [6, 6.07) is 1.87. The van der Waals surface area contributed by atoms with Crippen LogP contribution in [0.2, 0.25) is 0 Å². The van der Waals surface area contributed by atoms with Gasteiger partial charge in [-0.1, -0.05) is 5.11 Å². The molecule has 3 nitrogen and oxygen atoms in total. The molecule has 0 aromatic heterocycles. The van der Waals surface area contributed by atoms with Gasteiger partial charge in [-0.15, -0.1) is 0 Å². The fraction of sp³-hybridized carbons (Fsp3) is 0.143. The maximum Gasteiger partial charge on any atom is 0.140 e. The number of hydrogen-bond acceptors (Lipinski definition) is 1. The van der Waals surface area contributed by atoms with Crippen LogP contribution >= 0.6 is 15.9 Å². The Balaban J connectivity index is 3.12. The molecule has 0 N–H and O–H groups in total. The summed E-state index contributed by atoms with van der Waals surface area (Å²) in [5.41, 5.74) is 8.30. The van der Waals surface area contributed by atoms with E-state index in [0.29, 0.717) is 0 Å². The van der Waals surface area contributed by atoms with Crippen molar-refractivity contribution in [3.63, 3.8) is 0 Å². The fourth-order valence-corrected chi connectivity index (χ4v) is 1.19. The molecule has 0 aliphatic rings. The summed E-state index contributed by atoms with van der Waals surface area (Å²) in [6.45, 7) is -0.0776. The molecule has 1 aromatic rings. The molecule has 68 valence electrons. The average Bonchev–Trinajstić information content (AvgIpc) is 2.09. The summed E-state index contributed by atoms with van der Waals surface area (Å²) in [7, 11) is 0. The molecule has 0 saturated heterocycles. The molecule has 0 spiro atoms.